The first-order valence-electron chi connectivity index (χ1n) is 6.26. The minimum absolute atomic E-state index is 0. The second-order valence-electron chi connectivity index (χ2n) is 5.04. The molecular weight excluding hydrogens is 328 g/mol. The van der Waals surface area contributed by atoms with Gasteiger partial charge in [-0.05, 0) is 37.0 Å². The largest absolute Gasteiger partial charge is 0.342 e. The molecule has 0 heterocycles. The summed E-state index contributed by atoms with van der Waals surface area (Å²) in [5.41, 5.74) is 6.84. The van der Waals surface area contributed by atoms with Crippen LogP contribution in [0.4, 0.5) is 0 Å². The molecule has 1 aliphatic carbocycles. The quantitative estimate of drug-likeness (QED) is 0.910. The molecule has 1 aliphatic rings. The minimum atomic E-state index is 0. The van der Waals surface area contributed by atoms with Gasteiger partial charge in [0.05, 0.1) is 0 Å². The van der Waals surface area contributed by atoms with Gasteiger partial charge in [0.15, 0.2) is 0 Å². The first-order valence-corrected chi connectivity index (χ1v) is 7.06. The number of carbonyl (C=O) groups excluding carboxylic acids is 1. The number of hydrogen-bond acceptors (Lipinski definition) is 2. The molecule has 1 aromatic carbocycles. The lowest BCUT2D eigenvalue weighted by Gasteiger charge is -2.23. The van der Waals surface area contributed by atoms with Crippen molar-refractivity contribution in [2.45, 2.75) is 25.3 Å². The van der Waals surface area contributed by atoms with Crippen molar-refractivity contribution in [3.63, 3.8) is 0 Å². The molecule has 1 saturated carbocycles. The third-order valence-corrected chi connectivity index (χ3v) is 4.23. The van der Waals surface area contributed by atoms with E-state index in [1.807, 2.05) is 26.1 Å². The summed E-state index contributed by atoms with van der Waals surface area (Å²) in [6.45, 7) is 2.49. The highest BCUT2D eigenvalue weighted by Crippen LogP contribution is 2.48. The lowest BCUT2D eigenvalue weighted by atomic mass is 10.1. The number of nitrogens with zero attached hydrogens (tertiary/aromatic N) is 1. The van der Waals surface area contributed by atoms with Crippen molar-refractivity contribution >= 4 is 34.2 Å². The van der Waals surface area contributed by atoms with Gasteiger partial charge < -0.3 is 10.6 Å². The van der Waals surface area contributed by atoms with Crippen LogP contribution in [-0.2, 0) is 4.79 Å². The Labute approximate surface area is 129 Å². The normalized spacial score (nSPS) is 22.3. The number of carbonyl (C=O) groups is 1. The molecule has 0 aliphatic heterocycles. The summed E-state index contributed by atoms with van der Waals surface area (Å²) in [4.78, 5) is 14.0. The zero-order chi connectivity index (χ0) is 13.3. The SMILES string of the molecule is CC(CN)N(C)C(=O)C1CC1c1cccc(Br)c1.Cl. The highest BCUT2D eigenvalue weighted by atomic mass is 79.9. The highest BCUT2D eigenvalue weighted by Gasteiger charge is 2.45. The molecule has 106 valence electrons. The average molecular weight is 348 g/mol. The van der Waals surface area contributed by atoms with E-state index in [9.17, 15) is 4.79 Å². The molecule has 0 radical (unpaired) electrons. The van der Waals surface area contributed by atoms with Gasteiger partial charge in [0, 0.05) is 30.0 Å². The third-order valence-electron chi connectivity index (χ3n) is 3.73. The standard InChI is InChI=1S/C14H19BrN2O.ClH/c1-9(8-16)17(2)14(18)13-7-12(13)10-4-3-5-11(15)6-10;/h3-6,9,12-13H,7-8,16H2,1-2H3;1H. The molecule has 3 atom stereocenters. The molecule has 1 amide bonds. The van der Waals surface area contributed by atoms with Gasteiger partial charge in [-0.25, -0.2) is 0 Å². The Morgan fingerprint density at radius 2 is 2.26 bits per heavy atom. The fourth-order valence-electron chi connectivity index (χ4n) is 2.21. The van der Waals surface area contributed by atoms with E-state index in [1.54, 1.807) is 4.90 Å². The Morgan fingerprint density at radius 3 is 2.84 bits per heavy atom. The number of benzene rings is 1. The van der Waals surface area contributed by atoms with E-state index in [-0.39, 0.29) is 30.3 Å². The molecule has 19 heavy (non-hydrogen) atoms. The number of likely N-dealkylation sites (N-methyl/N-ethyl adjacent to an activating group) is 1. The topological polar surface area (TPSA) is 46.3 Å². The van der Waals surface area contributed by atoms with E-state index in [0.717, 1.165) is 10.9 Å². The van der Waals surface area contributed by atoms with Crippen LogP contribution in [0.2, 0.25) is 0 Å². The van der Waals surface area contributed by atoms with Crippen molar-refractivity contribution in [3.05, 3.63) is 34.3 Å². The molecule has 1 aromatic rings. The zero-order valence-corrected chi connectivity index (χ0v) is 13.6. The van der Waals surface area contributed by atoms with E-state index in [1.165, 1.54) is 5.56 Å². The van der Waals surface area contributed by atoms with Crippen molar-refractivity contribution in [2.75, 3.05) is 13.6 Å². The van der Waals surface area contributed by atoms with Crippen LogP contribution < -0.4 is 5.73 Å². The van der Waals surface area contributed by atoms with Gasteiger partial charge in [0.2, 0.25) is 5.91 Å². The third kappa shape index (κ3) is 3.71. The number of rotatable bonds is 4. The van der Waals surface area contributed by atoms with Gasteiger partial charge in [-0.1, -0.05) is 28.1 Å². The Kier molecular flexibility index (Phi) is 5.83. The minimum Gasteiger partial charge on any atom is -0.342 e. The number of halogens is 2. The van der Waals surface area contributed by atoms with Gasteiger partial charge >= 0.3 is 0 Å². The molecule has 0 spiro atoms. The fourth-order valence-corrected chi connectivity index (χ4v) is 2.63. The maximum absolute atomic E-state index is 12.2. The molecule has 2 rings (SSSR count). The molecule has 2 N–H and O–H groups in total. The molecule has 0 aromatic heterocycles. The Balaban J connectivity index is 0.00000180. The zero-order valence-electron chi connectivity index (χ0n) is 11.2. The maximum Gasteiger partial charge on any atom is 0.226 e. The Morgan fingerprint density at radius 1 is 1.58 bits per heavy atom. The van der Waals surface area contributed by atoms with Crippen molar-refractivity contribution in [1.82, 2.24) is 4.90 Å². The van der Waals surface area contributed by atoms with Crippen molar-refractivity contribution in [3.8, 4) is 0 Å². The maximum atomic E-state index is 12.2. The summed E-state index contributed by atoms with van der Waals surface area (Å²) in [7, 11) is 1.84. The molecule has 0 saturated heterocycles. The molecule has 5 heteroatoms. The summed E-state index contributed by atoms with van der Waals surface area (Å²) in [5, 5.41) is 0. The van der Waals surface area contributed by atoms with Crippen LogP contribution in [-0.4, -0.2) is 30.4 Å². The average Bonchev–Trinajstić information content (AvgIpc) is 3.16. The van der Waals surface area contributed by atoms with Gasteiger partial charge in [-0.3, -0.25) is 4.79 Å². The summed E-state index contributed by atoms with van der Waals surface area (Å²) >= 11 is 3.47. The van der Waals surface area contributed by atoms with E-state index >= 15 is 0 Å². The van der Waals surface area contributed by atoms with E-state index in [4.69, 9.17) is 5.73 Å². The first kappa shape index (κ1) is 16.5. The van der Waals surface area contributed by atoms with Crippen LogP contribution in [0.5, 0.6) is 0 Å². The molecule has 3 unspecified atom stereocenters. The van der Waals surface area contributed by atoms with Crippen LogP contribution in [0, 0.1) is 5.92 Å². The van der Waals surface area contributed by atoms with Gasteiger partial charge in [-0.15, -0.1) is 12.4 Å². The second-order valence-corrected chi connectivity index (χ2v) is 5.95. The molecule has 1 fully saturated rings. The van der Waals surface area contributed by atoms with E-state index < -0.39 is 0 Å². The summed E-state index contributed by atoms with van der Waals surface area (Å²) in [5.74, 6) is 0.735. The monoisotopic (exact) mass is 346 g/mol. The first-order chi connectivity index (χ1) is 8.54. The summed E-state index contributed by atoms with van der Waals surface area (Å²) < 4.78 is 1.07. The summed E-state index contributed by atoms with van der Waals surface area (Å²) in [6, 6.07) is 8.33. The van der Waals surface area contributed by atoms with Crippen LogP contribution in [0.3, 0.4) is 0 Å². The predicted molar refractivity (Wildman–Crippen MR) is 83.5 cm³/mol. The van der Waals surface area contributed by atoms with E-state index in [2.05, 4.69) is 28.1 Å². The number of nitrogens with two attached hydrogens (primary N) is 1. The lowest BCUT2D eigenvalue weighted by molar-refractivity contribution is -0.133. The summed E-state index contributed by atoms with van der Waals surface area (Å²) in [6.07, 6.45) is 0.955. The predicted octanol–water partition coefficient (Wildman–Crippen LogP) is 2.78. The van der Waals surface area contributed by atoms with Crippen LogP contribution in [0.1, 0.15) is 24.8 Å². The second kappa shape index (κ2) is 6.73. The van der Waals surface area contributed by atoms with Gasteiger partial charge in [0.25, 0.3) is 0 Å². The lowest BCUT2D eigenvalue weighted by Crippen LogP contribution is -2.40. The fraction of sp³-hybridized carbons (Fsp3) is 0.500. The van der Waals surface area contributed by atoms with Gasteiger partial charge in [-0.2, -0.15) is 0 Å². The highest BCUT2D eigenvalue weighted by molar-refractivity contribution is 9.10. The molecule has 3 nitrogen and oxygen atoms in total. The van der Waals surface area contributed by atoms with Gasteiger partial charge in [0.1, 0.15) is 0 Å². The Hall–Kier alpha value is -0.580. The van der Waals surface area contributed by atoms with Crippen LogP contribution in [0.25, 0.3) is 0 Å². The Bertz CT molecular complexity index is 455. The van der Waals surface area contributed by atoms with Crippen LogP contribution in [0.15, 0.2) is 28.7 Å². The number of amides is 1. The smallest absolute Gasteiger partial charge is 0.226 e. The van der Waals surface area contributed by atoms with E-state index in [0.29, 0.717) is 12.5 Å². The van der Waals surface area contributed by atoms with Crippen molar-refractivity contribution < 1.29 is 4.79 Å². The van der Waals surface area contributed by atoms with Crippen LogP contribution >= 0.6 is 28.3 Å². The number of hydrogen-bond donors (Lipinski definition) is 1. The molecular formula is C14H20BrClN2O. The molecule has 0 bridgehead atoms. The van der Waals surface area contributed by atoms with Crippen molar-refractivity contribution in [1.29, 1.82) is 0 Å². The van der Waals surface area contributed by atoms with Crippen molar-refractivity contribution in [2.24, 2.45) is 11.7 Å².